The largest absolute Gasteiger partial charge is 0.493 e. The molecule has 0 bridgehead atoms. The van der Waals surface area contributed by atoms with E-state index in [1.54, 1.807) is 12.5 Å². The summed E-state index contributed by atoms with van der Waals surface area (Å²) in [5.74, 6) is 1.93. The number of aliphatic imine (C=N–C) groups is 1. The Labute approximate surface area is 183 Å². The van der Waals surface area contributed by atoms with Crippen molar-refractivity contribution in [1.82, 2.24) is 9.55 Å². The summed E-state index contributed by atoms with van der Waals surface area (Å²) < 4.78 is 13.9. The molecule has 4 N–H and O–H groups in total. The van der Waals surface area contributed by atoms with Crippen LogP contribution in [0.3, 0.4) is 0 Å². The average Bonchev–Trinajstić information content (AvgIpc) is 3.43. The Bertz CT molecular complexity index is 1050. The van der Waals surface area contributed by atoms with Gasteiger partial charge in [0.1, 0.15) is 11.5 Å². The van der Waals surface area contributed by atoms with Crippen LogP contribution in [0.4, 0.5) is 0 Å². The molecule has 1 aromatic heterocycles. The van der Waals surface area contributed by atoms with Gasteiger partial charge in [-0.25, -0.2) is 4.98 Å². The van der Waals surface area contributed by atoms with Gasteiger partial charge >= 0.3 is 0 Å². The molecular formula is C24H31N5O2. The van der Waals surface area contributed by atoms with Crippen LogP contribution in [-0.4, -0.2) is 27.9 Å². The highest BCUT2D eigenvalue weighted by Gasteiger charge is 2.40. The Balaban J connectivity index is 1.87. The molecule has 1 aromatic carbocycles. The Morgan fingerprint density at radius 2 is 2.10 bits per heavy atom. The van der Waals surface area contributed by atoms with Crippen molar-refractivity contribution in [2.45, 2.75) is 52.5 Å². The second kappa shape index (κ2) is 8.49. The maximum atomic E-state index is 6.56. The molecule has 0 radical (unpaired) electrons. The van der Waals surface area contributed by atoms with E-state index in [1.807, 2.05) is 36.7 Å². The van der Waals surface area contributed by atoms with Gasteiger partial charge in [0.15, 0.2) is 0 Å². The van der Waals surface area contributed by atoms with Gasteiger partial charge in [-0.2, -0.15) is 0 Å². The van der Waals surface area contributed by atoms with Crippen LogP contribution in [0.15, 0.2) is 64.8 Å². The van der Waals surface area contributed by atoms with Crippen LogP contribution >= 0.6 is 0 Å². The first kappa shape index (κ1) is 21.0. The molecule has 1 saturated carbocycles. The predicted molar refractivity (Wildman–Crippen MR) is 122 cm³/mol. The number of hydrogen-bond donors (Lipinski definition) is 2. The zero-order valence-corrected chi connectivity index (χ0v) is 18.6. The van der Waals surface area contributed by atoms with E-state index in [1.165, 1.54) is 0 Å². The highest BCUT2D eigenvalue weighted by molar-refractivity contribution is 6.05. The molecule has 0 amide bonds. The molecule has 7 nitrogen and oxygen atoms in total. The van der Waals surface area contributed by atoms with Gasteiger partial charge in [0.25, 0.3) is 0 Å². The third-order valence-corrected chi connectivity index (χ3v) is 5.57. The molecule has 1 fully saturated rings. The number of nitrogens with two attached hydrogens (primary N) is 2. The van der Waals surface area contributed by atoms with E-state index < -0.39 is 0 Å². The third-order valence-electron chi connectivity index (χ3n) is 5.57. The standard InChI is InChI=1S/C24H31N5O2/c1-5-30-19-12-17(29-11-10-27-13-29)8-9-18(19)21-20(15(4)31-24(26)22(21)25)23(16-6-7-16)28-14(2)3/h8-14,16,21H,5-7,25-26H2,1-4H3. The highest BCUT2D eigenvalue weighted by atomic mass is 16.5. The Morgan fingerprint density at radius 3 is 2.71 bits per heavy atom. The maximum Gasteiger partial charge on any atom is 0.210 e. The lowest BCUT2D eigenvalue weighted by Crippen LogP contribution is -2.30. The van der Waals surface area contributed by atoms with Crippen molar-refractivity contribution in [3.8, 4) is 11.4 Å². The fourth-order valence-corrected chi connectivity index (χ4v) is 4.08. The molecule has 1 atom stereocenters. The van der Waals surface area contributed by atoms with Crippen molar-refractivity contribution >= 4 is 5.71 Å². The average molecular weight is 422 g/mol. The lowest BCUT2D eigenvalue weighted by Gasteiger charge is -2.31. The summed E-state index contributed by atoms with van der Waals surface area (Å²) in [6.45, 7) is 8.64. The van der Waals surface area contributed by atoms with Crippen LogP contribution in [0.1, 0.15) is 52.0 Å². The third kappa shape index (κ3) is 4.17. The minimum Gasteiger partial charge on any atom is -0.493 e. The minimum atomic E-state index is -0.273. The number of imidazole rings is 1. The van der Waals surface area contributed by atoms with E-state index in [4.69, 9.17) is 25.9 Å². The number of aromatic nitrogens is 2. The molecule has 2 aromatic rings. The number of hydrogen-bond acceptors (Lipinski definition) is 6. The van der Waals surface area contributed by atoms with Crippen molar-refractivity contribution in [2.75, 3.05) is 6.61 Å². The molecule has 164 valence electrons. The van der Waals surface area contributed by atoms with Crippen LogP contribution in [-0.2, 0) is 4.74 Å². The highest BCUT2D eigenvalue weighted by Crippen LogP contribution is 2.46. The first-order valence-electron chi connectivity index (χ1n) is 10.9. The number of allylic oxidation sites excluding steroid dienone is 2. The molecular weight excluding hydrogens is 390 g/mol. The van der Waals surface area contributed by atoms with Gasteiger partial charge in [0.2, 0.25) is 5.88 Å². The minimum absolute atomic E-state index is 0.177. The van der Waals surface area contributed by atoms with Crippen molar-refractivity contribution in [3.63, 3.8) is 0 Å². The van der Waals surface area contributed by atoms with Crippen LogP contribution < -0.4 is 16.2 Å². The van der Waals surface area contributed by atoms with E-state index in [2.05, 4.69) is 24.9 Å². The van der Waals surface area contributed by atoms with Crippen molar-refractivity contribution < 1.29 is 9.47 Å². The molecule has 1 aliphatic heterocycles. The summed E-state index contributed by atoms with van der Waals surface area (Å²) in [4.78, 5) is 9.13. The van der Waals surface area contributed by atoms with Crippen LogP contribution in [0.25, 0.3) is 5.69 Å². The molecule has 7 heteroatoms. The van der Waals surface area contributed by atoms with E-state index >= 15 is 0 Å². The van der Waals surface area contributed by atoms with Gasteiger partial charge in [0, 0.05) is 47.3 Å². The number of nitrogens with zero attached hydrogens (tertiary/aromatic N) is 3. The van der Waals surface area contributed by atoms with Gasteiger partial charge in [-0.05, 0) is 46.6 Å². The van der Waals surface area contributed by atoms with Gasteiger partial charge in [-0.3, -0.25) is 4.99 Å². The number of rotatable bonds is 7. The lowest BCUT2D eigenvalue weighted by atomic mass is 9.82. The first-order chi connectivity index (χ1) is 14.9. The monoisotopic (exact) mass is 421 g/mol. The van der Waals surface area contributed by atoms with Crippen molar-refractivity contribution in [1.29, 1.82) is 0 Å². The predicted octanol–water partition coefficient (Wildman–Crippen LogP) is 4.00. The maximum absolute atomic E-state index is 6.56. The van der Waals surface area contributed by atoms with Gasteiger partial charge in [0.05, 0.1) is 30.2 Å². The Hall–Kier alpha value is -3.22. The van der Waals surface area contributed by atoms with Gasteiger partial charge in [-0.15, -0.1) is 0 Å². The van der Waals surface area contributed by atoms with Gasteiger partial charge < -0.3 is 25.5 Å². The topological polar surface area (TPSA) is 101 Å². The molecule has 2 heterocycles. The number of benzene rings is 1. The second-order valence-electron chi connectivity index (χ2n) is 8.33. The van der Waals surface area contributed by atoms with Crippen LogP contribution in [0.5, 0.6) is 5.75 Å². The molecule has 4 rings (SSSR count). The summed E-state index contributed by atoms with van der Waals surface area (Å²) in [7, 11) is 0. The molecule has 1 aliphatic carbocycles. The molecule has 1 unspecified atom stereocenters. The van der Waals surface area contributed by atoms with Crippen molar-refractivity contribution in [3.05, 3.63) is 65.4 Å². The van der Waals surface area contributed by atoms with E-state index in [-0.39, 0.29) is 17.8 Å². The summed E-state index contributed by atoms with van der Waals surface area (Å²) >= 11 is 0. The second-order valence-corrected chi connectivity index (χ2v) is 8.33. The fraction of sp³-hybridized carbons (Fsp3) is 0.417. The van der Waals surface area contributed by atoms with E-state index in [0.29, 0.717) is 18.2 Å². The van der Waals surface area contributed by atoms with E-state index in [9.17, 15) is 0 Å². The molecule has 0 saturated heterocycles. The summed E-state index contributed by atoms with van der Waals surface area (Å²) in [6.07, 6.45) is 7.68. The van der Waals surface area contributed by atoms with Gasteiger partial charge in [-0.1, -0.05) is 6.07 Å². The fourth-order valence-electron chi connectivity index (χ4n) is 4.08. The lowest BCUT2D eigenvalue weighted by molar-refractivity contribution is 0.278. The van der Waals surface area contributed by atoms with Crippen LogP contribution in [0, 0.1) is 5.92 Å². The first-order valence-corrected chi connectivity index (χ1v) is 10.9. The quantitative estimate of drug-likeness (QED) is 0.658. The zero-order chi connectivity index (χ0) is 22.1. The molecule has 2 aliphatic rings. The summed E-state index contributed by atoms with van der Waals surface area (Å²) in [6, 6.07) is 6.30. The number of ether oxygens (including phenoxy) is 2. The normalized spacial score (nSPS) is 19.8. The van der Waals surface area contributed by atoms with E-state index in [0.717, 1.165) is 46.9 Å². The Kier molecular flexibility index (Phi) is 5.76. The SMILES string of the molecule is CCOc1cc(-n2ccnc2)ccc1C1C(N)=C(N)OC(C)=C1C(=NC(C)C)C1CC1. The summed E-state index contributed by atoms with van der Waals surface area (Å²) in [5.41, 5.74) is 17.3. The molecule has 31 heavy (non-hydrogen) atoms. The Morgan fingerprint density at radius 1 is 1.32 bits per heavy atom. The van der Waals surface area contributed by atoms with Crippen molar-refractivity contribution in [2.24, 2.45) is 22.4 Å². The zero-order valence-electron chi connectivity index (χ0n) is 18.6. The summed E-state index contributed by atoms with van der Waals surface area (Å²) in [5, 5.41) is 0. The smallest absolute Gasteiger partial charge is 0.210 e. The molecule has 0 spiro atoms. The van der Waals surface area contributed by atoms with Crippen LogP contribution in [0.2, 0.25) is 0 Å².